The first-order valence-corrected chi connectivity index (χ1v) is 8.47. The van der Waals surface area contributed by atoms with Crippen molar-refractivity contribution in [2.45, 2.75) is 32.6 Å². The fourth-order valence-corrected chi connectivity index (χ4v) is 4.66. The molecule has 0 heterocycles. The molecule has 2 rings (SSSR count). The van der Waals surface area contributed by atoms with Crippen LogP contribution in [0.15, 0.2) is 47.4 Å². The van der Waals surface area contributed by atoms with Crippen molar-refractivity contribution in [3.05, 3.63) is 59.2 Å². The lowest BCUT2D eigenvalue weighted by atomic mass is 10.1. The Kier molecular flexibility index (Phi) is 4.37. The Morgan fingerprint density at radius 1 is 0.952 bits per heavy atom. The predicted molar refractivity (Wildman–Crippen MR) is 87.3 cm³/mol. The van der Waals surface area contributed by atoms with Crippen LogP contribution in [0.3, 0.4) is 0 Å². The zero-order valence-corrected chi connectivity index (χ0v) is 13.7. The van der Waals surface area contributed by atoms with Crippen LogP contribution in [-0.4, -0.2) is 15.0 Å². The Hall–Kier alpha value is -1.81. The van der Waals surface area contributed by atoms with Crippen molar-refractivity contribution in [1.29, 1.82) is 0 Å². The Morgan fingerprint density at radius 3 is 1.95 bits per heavy atom. The van der Waals surface area contributed by atoms with Crippen LogP contribution in [0.25, 0.3) is 0 Å². The summed E-state index contributed by atoms with van der Waals surface area (Å²) in [5.41, 5.74) is 3.36. The van der Waals surface area contributed by atoms with Gasteiger partial charge in [-0.05, 0) is 51.0 Å². The van der Waals surface area contributed by atoms with Crippen LogP contribution in [0, 0.1) is 20.8 Å². The summed E-state index contributed by atoms with van der Waals surface area (Å²) < 4.78 is 27.5. The lowest BCUT2D eigenvalue weighted by Crippen LogP contribution is -2.31. The van der Waals surface area contributed by atoms with Gasteiger partial charge in [0.05, 0.1) is 10.6 Å². The maximum absolute atomic E-state index is 13.0. The molecule has 0 saturated heterocycles. The molecular weight excluding hydrogens is 282 g/mol. The molecule has 0 aromatic heterocycles. The Labute approximate surface area is 127 Å². The smallest absolute Gasteiger partial charge is 0.264 e. The van der Waals surface area contributed by atoms with E-state index in [0.717, 1.165) is 16.7 Å². The highest BCUT2D eigenvalue weighted by Crippen LogP contribution is 2.28. The van der Waals surface area contributed by atoms with E-state index < -0.39 is 10.0 Å². The first-order valence-electron chi connectivity index (χ1n) is 7.03. The van der Waals surface area contributed by atoms with Gasteiger partial charge in [0.25, 0.3) is 10.0 Å². The Morgan fingerprint density at radius 2 is 1.48 bits per heavy atom. The van der Waals surface area contributed by atoms with Crippen molar-refractivity contribution in [2.75, 3.05) is 10.8 Å². The lowest BCUT2D eigenvalue weighted by Gasteiger charge is -2.25. The van der Waals surface area contributed by atoms with Crippen LogP contribution >= 0.6 is 0 Å². The summed E-state index contributed by atoms with van der Waals surface area (Å²) in [4.78, 5) is 0.416. The van der Waals surface area contributed by atoms with Crippen LogP contribution in [0.2, 0.25) is 0 Å². The van der Waals surface area contributed by atoms with Crippen LogP contribution in [0.5, 0.6) is 0 Å². The van der Waals surface area contributed by atoms with Crippen molar-refractivity contribution in [3.8, 4) is 0 Å². The number of hydrogen-bond donors (Lipinski definition) is 0. The van der Waals surface area contributed by atoms with Crippen molar-refractivity contribution in [3.63, 3.8) is 0 Å². The number of hydrogen-bond acceptors (Lipinski definition) is 2. The molecule has 0 unspecified atom stereocenters. The third kappa shape index (κ3) is 2.95. The molecule has 0 radical (unpaired) electrons. The van der Waals surface area contributed by atoms with Crippen LogP contribution in [0.4, 0.5) is 5.69 Å². The van der Waals surface area contributed by atoms with E-state index in [4.69, 9.17) is 0 Å². The van der Waals surface area contributed by atoms with E-state index in [2.05, 4.69) is 0 Å². The number of nitrogens with zero attached hydrogens (tertiary/aromatic N) is 1. The maximum Gasteiger partial charge on any atom is 0.264 e. The van der Waals surface area contributed by atoms with Gasteiger partial charge in [-0.3, -0.25) is 4.31 Å². The van der Waals surface area contributed by atoms with E-state index in [-0.39, 0.29) is 0 Å². The first-order chi connectivity index (χ1) is 9.87. The molecule has 21 heavy (non-hydrogen) atoms. The van der Waals surface area contributed by atoms with Gasteiger partial charge in [0.2, 0.25) is 0 Å². The fraction of sp³-hybridized carbons (Fsp3) is 0.294. The van der Waals surface area contributed by atoms with Crippen molar-refractivity contribution >= 4 is 15.7 Å². The summed E-state index contributed by atoms with van der Waals surface area (Å²) in [6, 6.07) is 13.0. The highest BCUT2D eigenvalue weighted by Gasteiger charge is 2.27. The molecule has 0 N–H and O–H groups in total. The zero-order chi connectivity index (χ0) is 15.6. The molecule has 0 fully saturated rings. The molecule has 112 valence electrons. The normalized spacial score (nSPS) is 11.4. The van der Waals surface area contributed by atoms with Gasteiger partial charge >= 0.3 is 0 Å². The predicted octanol–water partition coefficient (Wildman–Crippen LogP) is 3.83. The fourth-order valence-electron chi connectivity index (χ4n) is 2.77. The summed E-state index contributed by atoms with van der Waals surface area (Å²) >= 11 is 0. The van der Waals surface area contributed by atoms with Gasteiger partial charge in [-0.15, -0.1) is 0 Å². The van der Waals surface area contributed by atoms with Gasteiger partial charge in [-0.2, -0.15) is 0 Å². The molecule has 0 bridgehead atoms. The van der Waals surface area contributed by atoms with Crippen LogP contribution < -0.4 is 4.31 Å². The van der Waals surface area contributed by atoms with Crippen molar-refractivity contribution < 1.29 is 8.42 Å². The first kappa shape index (κ1) is 15.6. The van der Waals surface area contributed by atoms with Gasteiger partial charge in [0, 0.05) is 6.54 Å². The third-order valence-corrected chi connectivity index (χ3v) is 5.69. The van der Waals surface area contributed by atoms with E-state index in [1.165, 1.54) is 4.31 Å². The van der Waals surface area contributed by atoms with Gasteiger partial charge in [0.15, 0.2) is 0 Å². The lowest BCUT2D eigenvalue weighted by molar-refractivity contribution is 0.590. The molecular formula is C17H21NO2S. The average molecular weight is 303 g/mol. The Bertz CT molecular complexity index is 714. The topological polar surface area (TPSA) is 37.4 Å². The van der Waals surface area contributed by atoms with Gasteiger partial charge < -0.3 is 0 Å². The SMILES string of the molecule is CCN(c1ccccc1)S(=O)(=O)c1c(C)cc(C)cc1C. The molecule has 2 aromatic carbocycles. The Balaban J connectivity index is 2.61. The summed E-state index contributed by atoms with van der Waals surface area (Å²) in [5, 5.41) is 0. The maximum atomic E-state index is 13.0. The van der Waals surface area contributed by atoms with E-state index in [0.29, 0.717) is 17.1 Å². The average Bonchev–Trinajstić information content (AvgIpc) is 2.38. The minimum absolute atomic E-state index is 0.402. The summed E-state index contributed by atoms with van der Waals surface area (Å²) in [5.74, 6) is 0. The second kappa shape index (κ2) is 5.90. The van der Waals surface area contributed by atoms with E-state index in [1.54, 1.807) is 0 Å². The number of benzene rings is 2. The molecule has 0 aliphatic heterocycles. The minimum atomic E-state index is -3.55. The molecule has 0 aliphatic rings. The van der Waals surface area contributed by atoms with Crippen LogP contribution in [0.1, 0.15) is 23.6 Å². The molecule has 3 nitrogen and oxygen atoms in total. The minimum Gasteiger partial charge on any atom is -0.267 e. The standard InChI is InChI=1S/C17H21NO2S/c1-5-18(16-9-7-6-8-10-16)21(19,20)17-14(3)11-13(2)12-15(17)4/h6-12H,5H2,1-4H3. The van der Waals surface area contributed by atoms with Crippen molar-refractivity contribution in [1.82, 2.24) is 0 Å². The third-order valence-electron chi connectivity index (χ3n) is 3.48. The molecule has 0 atom stereocenters. The summed E-state index contributed by atoms with van der Waals surface area (Å²) in [6.45, 7) is 7.94. The van der Waals surface area contributed by atoms with Crippen molar-refractivity contribution in [2.24, 2.45) is 0 Å². The molecule has 0 spiro atoms. The van der Waals surface area contributed by atoms with Gasteiger partial charge in [-0.25, -0.2) is 8.42 Å². The number of rotatable bonds is 4. The quantitative estimate of drug-likeness (QED) is 0.861. The number of aryl methyl sites for hydroxylation is 3. The number of sulfonamides is 1. The second-order valence-electron chi connectivity index (χ2n) is 5.23. The molecule has 0 saturated carbocycles. The summed E-state index contributed by atoms with van der Waals surface area (Å²) in [7, 11) is -3.55. The highest BCUT2D eigenvalue weighted by atomic mass is 32.2. The highest BCUT2D eigenvalue weighted by molar-refractivity contribution is 7.93. The number of para-hydroxylation sites is 1. The second-order valence-corrected chi connectivity index (χ2v) is 7.03. The number of anilines is 1. The van der Waals surface area contributed by atoms with E-state index in [1.807, 2.05) is 70.2 Å². The molecule has 0 amide bonds. The van der Waals surface area contributed by atoms with E-state index >= 15 is 0 Å². The van der Waals surface area contributed by atoms with Gasteiger partial charge in [0.1, 0.15) is 0 Å². The largest absolute Gasteiger partial charge is 0.267 e. The molecule has 2 aromatic rings. The van der Waals surface area contributed by atoms with E-state index in [9.17, 15) is 8.42 Å². The van der Waals surface area contributed by atoms with Gasteiger partial charge in [-0.1, -0.05) is 35.9 Å². The monoisotopic (exact) mass is 303 g/mol. The molecule has 0 aliphatic carbocycles. The zero-order valence-electron chi connectivity index (χ0n) is 12.9. The van der Waals surface area contributed by atoms with Crippen LogP contribution in [-0.2, 0) is 10.0 Å². The summed E-state index contributed by atoms with van der Waals surface area (Å²) in [6.07, 6.45) is 0. The molecule has 4 heteroatoms.